The SMILES string of the molecule is [C-]#[N+]c1ccc(-c2cc(C(F)(F)F)ccc2-n2c3ccccc3c3cc(-c4ccc(C)cc4C)ccc32)c(-n2c3ccccc3c3cc(-c4ccc(C)cc4C)ccc32)c1. The smallest absolute Gasteiger partial charge is 0.310 e. The molecule has 0 unspecified atom stereocenters. The highest BCUT2D eigenvalue weighted by Crippen LogP contribution is 2.45. The molecule has 10 rings (SSSR count). The van der Waals surface area contributed by atoms with Crippen LogP contribution in [0.3, 0.4) is 0 Å². The molecule has 0 bridgehead atoms. The molecule has 0 saturated carbocycles. The molecule has 0 amide bonds. The van der Waals surface area contributed by atoms with E-state index < -0.39 is 11.7 Å². The van der Waals surface area contributed by atoms with Crippen LogP contribution in [0.5, 0.6) is 0 Å². The summed E-state index contributed by atoms with van der Waals surface area (Å²) in [4.78, 5) is 3.81. The van der Waals surface area contributed by atoms with Crippen LogP contribution < -0.4 is 0 Å². The fourth-order valence-electron chi connectivity index (χ4n) is 9.20. The molecule has 0 atom stereocenters. The Morgan fingerprint density at radius 1 is 0.433 bits per heavy atom. The van der Waals surface area contributed by atoms with Gasteiger partial charge in [-0.15, -0.1) is 0 Å². The van der Waals surface area contributed by atoms with E-state index >= 15 is 0 Å². The number of alkyl halides is 3. The average Bonchev–Trinajstić information content (AvgIpc) is 3.75. The fourth-order valence-corrected chi connectivity index (χ4v) is 9.20. The number of hydrogen-bond acceptors (Lipinski definition) is 0. The van der Waals surface area contributed by atoms with E-state index in [9.17, 15) is 13.2 Å². The molecule has 290 valence electrons. The maximum Gasteiger partial charge on any atom is 0.416 e. The molecule has 60 heavy (non-hydrogen) atoms. The lowest BCUT2D eigenvalue weighted by Gasteiger charge is -2.20. The van der Waals surface area contributed by atoms with Crippen molar-refractivity contribution in [2.24, 2.45) is 0 Å². The van der Waals surface area contributed by atoms with Gasteiger partial charge in [0, 0.05) is 38.4 Å². The Morgan fingerprint density at radius 3 is 1.45 bits per heavy atom. The number of nitrogens with zero attached hydrogens (tertiary/aromatic N) is 3. The first-order valence-electron chi connectivity index (χ1n) is 19.9. The third-order valence-electron chi connectivity index (χ3n) is 11.9. The van der Waals surface area contributed by atoms with Crippen molar-refractivity contribution in [1.29, 1.82) is 0 Å². The molecule has 0 radical (unpaired) electrons. The topological polar surface area (TPSA) is 14.2 Å². The van der Waals surface area contributed by atoms with Crippen molar-refractivity contribution in [3.8, 4) is 44.8 Å². The lowest BCUT2D eigenvalue weighted by Crippen LogP contribution is -2.08. The molecule has 2 aromatic heterocycles. The molecule has 2 heterocycles. The number of rotatable bonds is 5. The van der Waals surface area contributed by atoms with E-state index in [1.165, 1.54) is 34.4 Å². The molecule has 0 spiro atoms. The Balaban J connectivity index is 1.26. The highest BCUT2D eigenvalue weighted by molar-refractivity contribution is 6.13. The van der Waals surface area contributed by atoms with Crippen molar-refractivity contribution in [3.63, 3.8) is 0 Å². The van der Waals surface area contributed by atoms with Crippen LogP contribution in [0.15, 0.2) is 158 Å². The summed E-state index contributed by atoms with van der Waals surface area (Å²) in [7, 11) is 0. The molecule has 0 saturated heterocycles. The first kappa shape index (κ1) is 36.9. The molecule has 0 aliphatic rings. The number of halogens is 3. The highest BCUT2D eigenvalue weighted by Gasteiger charge is 2.32. The van der Waals surface area contributed by atoms with Gasteiger partial charge in [-0.05, 0) is 122 Å². The van der Waals surface area contributed by atoms with E-state index in [0.29, 0.717) is 28.2 Å². The zero-order valence-corrected chi connectivity index (χ0v) is 33.5. The average molecular weight is 786 g/mol. The van der Waals surface area contributed by atoms with Gasteiger partial charge < -0.3 is 9.13 Å². The number of aryl methyl sites for hydroxylation is 4. The monoisotopic (exact) mass is 785 g/mol. The standard InChI is InChI=1S/C54H38F3N3/c1-32-14-20-40(34(3)26-32)36-16-23-50-45(28-36)42-10-6-8-12-48(42)59(50)52-25-18-38(54(55,56)57)30-47(52)44-22-19-39(58-5)31-53(44)60-49-13-9-7-11-43(49)46-29-37(17-24-51(46)60)41-21-15-33(2)27-35(41)4/h6-31H,1-4H3. The molecule has 8 aromatic carbocycles. The van der Waals surface area contributed by atoms with E-state index in [-0.39, 0.29) is 0 Å². The minimum Gasteiger partial charge on any atom is -0.310 e. The molecule has 0 aliphatic carbocycles. The van der Waals surface area contributed by atoms with Crippen molar-refractivity contribution in [2.75, 3.05) is 0 Å². The lowest BCUT2D eigenvalue weighted by molar-refractivity contribution is -0.137. The molecule has 0 N–H and O–H groups in total. The van der Waals surface area contributed by atoms with Gasteiger partial charge in [-0.1, -0.05) is 108 Å². The van der Waals surface area contributed by atoms with Crippen LogP contribution in [0.1, 0.15) is 27.8 Å². The summed E-state index contributed by atoms with van der Waals surface area (Å²) in [6.07, 6.45) is -4.59. The fraction of sp³-hybridized carbons (Fsp3) is 0.0926. The summed E-state index contributed by atoms with van der Waals surface area (Å²) in [5.41, 5.74) is 14.5. The Hall–Kier alpha value is -7.36. The van der Waals surface area contributed by atoms with Gasteiger partial charge in [0.2, 0.25) is 0 Å². The van der Waals surface area contributed by atoms with Crippen LogP contribution in [0.4, 0.5) is 18.9 Å². The van der Waals surface area contributed by atoms with Crippen molar-refractivity contribution in [3.05, 3.63) is 197 Å². The van der Waals surface area contributed by atoms with Crippen molar-refractivity contribution in [1.82, 2.24) is 9.13 Å². The summed E-state index contributed by atoms with van der Waals surface area (Å²) in [5.74, 6) is 0. The second-order valence-corrected chi connectivity index (χ2v) is 15.8. The van der Waals surface area contributed by atoms with Gasteiger partial charge in [0.05, 0.1) is 39.9 Å². The zero-order valence-electron chi connectivity index (χ0n) is 33.5. The van der Waals surface area contributed by atoms with Crippen LogP contribution in [-0.4, -0.2) is 9.13 Å². The van der Waals surface area contributed by atoms with E-state index in [2.05, 4.69) is 127 Å². The van der Waals surface area contributed by atoms with Crippen molar-refractivity contribution in [2.45, 2.75) is 33.9 Å². The van der Waals surface area contributed by atoms with Crippen LogP contribution in [0, 0.1) is 34.3 Å². The van der Waals surface area contributed by atoms with Gasteiger partial charge in [-0.3, -0.25) is 0 Å². The summed E-state index contributed by atoms with van der Waals surface area (Å²) >= 11 is 0. The van der Waals surface area contributed by atoms with Crippen LogP contribution >= 0.6 is 0 Å². The Labute approximate surface area is 346 Å². The number of para-hydroxylation sites is 2. The summed E-state index contributed by atoms with van der Waals surface area (Å²) in [6, 6.07) is 51.1. The minimum atomic E-state index is -4.59. The second kappa shape index (κ2) is 13.9. The third-order valence-corrected chi connectivity index (χ3v) is 11.9. The number of benzene rings is 8. The minimum absolute atomic E-state index is 0.385. The normalized spacial score (nSPS) is 11.9. The van der Waals surface area contributed by atoms with Gasteiger partial charge in [0.15, 0.2) is 5.69 Å². The first-order chi connectivity index (χ1) is 29.0. The van der Waals surface area contributed by atoms with E-state index in [4.69, 9.17) is 6.57 Å². The van der Waals surface area contributed by atoms with Gasteiger partial charge in [-0.2, -0.15) is 13.2 Å². The largest absolute Gasteiger partial charge is 0.416 e. The third kappa shape index (κ3) is 5.96. The van der Waals surface area contributed by atoms with Crippen molar-refractivity contribution < 1.29 is 13.2 Å². The molecule has 0 aliphatic heterocycles. The molecule has 0 fully saturated rings. The quantitative estimate of drug-likeness (QED) is 0.154. The molecule has 6 heteroatoms. The van der Waals surface area contributed by atoms with Crippen LogP contribution in [0.2, 0.25) is 0 Å². The Kier molecular flexibility index (Phi) is 8.55. The molecular weight excluding hydrogens is 748 g/mol. The van der Waals surface area contributed by atoms with Crippen molar-refractivity contribution >= 4 is 49.3 Å². The van der Waals surface area contributed by atoms with E-state index in [1.807, 2.05) is 36.4 Å². The predicted octanol–water partition coefficient (Wildman–Crippen LogP) is 15.7. The first-order valence-corrected chi connectivity index (χ1v) is 19.9. The molecule has 10 aromatic rings. The second-order valence-electron chi connectivity index (χ2n) is 15.8. The molecular formula is C54H38F3N3. The maximum atomic E-state index is 14.8. The summed E-state index contributed by atoms with van der Waals surface area (Å²) in [5, 5.41) is 4.01. The molecule has 3 nitrogen and oxygen atoms in total. The van der Waals surface area contributed by atoms with Gasteiger partial charge in [-0.25, -0.2) is 4.85 Å². The van der Waals surface area contributed by atoms with E-state index in [1.54, 1.807) is 24.3 Å². The number of hydrogen-bond donors (Lipinski definition) is 0. The van der Waals surface area contributed by atoms with Gasteiger partial charge in [0.25, 0.3) is 0 Å². The van der Waals surface area contributed by atoms with Crippen LogP contribution in [-0.2, 0) is 6.18 Å². The van der Waals surface area contributed by atoms with Gasteiger partial charge >= 0.3 is 6.18 Å². The lowest BCUT2D eigenvalue weighted by atomic mass is 9.96. The Morgan fingerprint density at radius 2 is 0.933 bits per heavy atom. The summed E-state index contributed by atoms with van der Waals surface area (Å²) in [6.45, 7) is 16.4. The van der Waals surface area contributed by atoms with Crippen LogP contribution in [0.25, 0.3) is 93.2 Å². The summed E-state index contributed by atoms with van der Waals surface area (Å²) < 4.78 is 48.6. The number of aromatic nitrogens is 2. The number of fused-ring (bicyclic) bond motifs is 6. The van der Waals surface area contributed by atoms with Gasteiger partial charge in [0.1, 0.15) is 0 Å². The van der Waals surface area contributed by atoms with E-state index in [0.717, 1.165) is 65.9 Å². The maximum absolute atomic E-state index is 14.8. The highest BCUT2D eigenvalue weighted by atomic mass is 19.4. The Bertz CT molecular complexity index is 3430. The predicted molar refractivity (Wildman–Crippen MR) is 242 cm³/mol. The zero-order chi connectivity index (χ0) is 41.4.